The summed E-state index contributed by atoms with van der Waals surface area (Å²) >= 11 is 0. The number of amides is 1. The maximum atomic E-state index is 11.4. The Labute approximate surface area is 107 Å². The van der Waals surface area contributed by atoms with Gasteiger partial charge in [-0.05, 0) is 38.4 Å². The number of hydrogen-bond acceptors (Lipinski definition) is 4. The lowest BCUT2D eigenvalue weighted by Crippen LogP contribution is -2.37. The number of nitrogens with one attached hydrogen (secondary N) is 1. The molecule has 0 aromatic carbocycles. The highest BCUT2D eigenvalue weighted by atomic mass is 16.2. The van der Waals surface area contributed by atoms with E-state index in [1.807, 2.05) is 12.1 Å². The molecule has 0 bridgehead atoms. The quantitative estimate of drug-likeness (QED) is 0.476. The Morgan fingerprint density at radius 2 is 2.39 bits per heavy atom. The number of hydrogen-bond donors (Lipinski definition) is 2. The SMILES string of the molecule is CC1CCCCN1Cc1cccc(C(=O)NN)n1. The van der Waals surface area contributed by atoms with Gasteiger partial charge in [-0.15, -0.1) is 0 Å². The molecule has 2 rings (SSSR count). The summed E-state index contributed by atoms with van der Waals surface area (Å²) in [5.41, 5.74) is 3.40. The van der Waals surface area contributed by atoms with Crippen molar-refractivity contribution < 1.29 is 4.79 Å². The van der Waals surface area contributed by atoms with Gasteiger partial charge in [0.05, 0.1) is 5.69 Å². The summed E-state index contributed by atoms with van der Waals surface area (Å²) in [6.07, 6.45) is 3.79. The van der Waals surface area contributed by atoms with Crippen LogP contribution in [0.15, 0.2) is 18.2 Å². The van der Waals surface area contributed by atoms with Crippen LogP contribution < -0.4 is 11.3 Å². The van der Waals surface area contributed by atoms with Gasteiger partial charge in [-0.1, -0.05) is 12.5 Å². The van der Waals surface area contributed by atoms with E-state index < -0.39 is 0 Å². The van der Waals surface area contributed by atoms with Gasteiger partial charge in [0, 0.05) is 12.6 Å². The third-order valence-electron chi connectivity index (χ3n) is 3.48. The zero-order valence-electron chi connectivity index (χ0n) is 10.7. The summed E-state index contributed by atoms with van der Waals surface area (Å²) in [5.74, 6) is 4.77. The predicted octanol–water partition coefficient (Wildman–Crippen LogP) is 1.06. The van der Waals surface area contributed by atoms with Crippen LogP contribution in [0, 0.1) is 0 Å². The van der Waals surface area contributed by atoms with Crippen molar-refractivity contribution in [1.29, 1.82) is 0 Å². The van der Waals surface area contributed by atoms with E-state index in [9.17, 15) is 4.79 Å². The van der Waals surface area contributed by atoms with Crippen LogP contribution in [-0.4, -0.2) is 28.4 Å². The topological polar surface area (TPSA) is 71.2 Å². The lowest BCUT2D eigenvalue weighted by Gasteiger charge is -2.32. The van der Waals surface area contributed by atoms with E-state index in [-0.39, 0.29) is 5.91 Å². The Morgan fingerprint density at radius 1 is 1.56 bits per heavy atom. The van der Waals surface area contributed by atoms with Gasteiger partial charge < -0.3 is 0 Å². The van der Waals surface area contributed by atoms with Gasteiger partial charge in [0.2, 0.25) is 0 Å². The number of nitrogen functional groups attached to an aromatic ring is 1. The first-order valence-corrected chi connectivity index (χ1v) is 6.41. The molecule has 1 fully saturated rings. The Kier molecular flexibility index (Phi) is 4.28. The minimum Gasteiger partial charge on any atom is -0.295 e. The van der Waals surface area contributed by atoms with Crippen molar-refractivity contribution in [1.82, 2.24) is 15.3 Å². The highest BCUT2D eigenvalue weighted by Gasteiger charge is 2.18. The fourth-order valence-electron chi connectivity index (χ4n) is 2.37. The van der Waals surface area contributed by atoms with Crippen molar-refractivity contribution in [3.8, 4) is 0 Å². The number of nitrogens with two attached hydrogens (primary N) is 1. The zero-order chi connectivity index (χ0) is 13.0. The molecule has 18 heavy (non-hydrogen) atoms. The minimum absolute atomic E-state index is 0.344. The van der Waals surface area contributed by atoms with Gasteiger partial charge in [0.15, 0.2) is 0 Å². The van der Waals surface area contributed by atoms with E-state index >= 15 is 0 Å². The van der Waals surface area contributed by atoms with Gasteiger partial charge in [-0.3, -0.25) is 15.1 Å². The van der Waals surface area contributed by atoms with E-state index in [0.29, 0.717) is 11.7 Å². The van der Waals surface area contributed by atoms with Crippen LogP contribution in [0.5, 0.6) is 0 Å². The van der Waals surface area contributed by atoms with E-state index in [0.717, 1.165) is 18.8 Å². The highest BCUT2D eigenvalue weighted by molar-refractivity contribution is 5.91. The largest absolute Gasteiger partial charge is 0.295 e. The first kappa shape index (κ1) is 13.0. The molecular formula is C13H20N4O. The van der Waals surface area contributed by atoms with Crippen molar-refractivity contribution in [3.63, 3.8) is 0 Å². The molecule has 1 atom stereocenters. The van der Waals surface area contributed by atoms with Crippen molar-refractivity contribution in [2.75, 3.05) is 6.54 Å². The maximum Gasteiger partial charge on any atom is 0.283 e. The second-order valence-electron chi connectivity index (χ2n) is 4.80. The minimum atomic E-state index is -0.344. The number of hydrazine groups is 1. The molecule has 1 unspecified atom stereocenters. The van der Waals surface area contributed by atoms with Gasteiger partial charge in [-0.2, -0.15) is 0 Å². The Balaban J connectivity index is 2.06. The summed E-state index contributed by atoms with van der Waals surface area (Å²) in [4.78, 5) is 18.2. The first-order valence-electron chi connectivity index (χ1n) is 6.41. The molecule has 1 aliphatic rings. The van der Waals surface area contributed by atoms with Crippen LogP contribution in [0.4, 0.5) is 0 Å². The molecule has 0 spiro atoms. The predicted molar refractivity (Wildman–Crippen MR) is 69.6 cm³/mol. The molecule has 1 aliphatic heterocycles. The monoisotopic (exact) mass is 248 g/mol. The molecule has 0 saturated carbocycles. The molecule has 1 aromatic heterocycles. The van der Waals surface area contributed by atoms with Gasteiger partial charge in [0.25, 0.3) is 5.91 Å². The molecule has 1 aromatic rings. The average molecular weight is 248 g/mol. The molecular weight excluding hydrogens is 228 g/mol. The van der Waals surface area contributed by atoms with Crippen LogP contribution in [0.3, 0.4) is 0 Å². The van der Waals surface area contributed by atoms with E-state index in [1.165, 1.54) is 19.3 Å². The third kappa shape index (κ3) is 3.05. The van der Waals surface area contributed by atoms with E-state index in [1.54, 1.807) is 6.07 Å². The Morgan fingerprint density at radius 3 is 3.11 bits per heavy atom. The van der Waals surface area contributed by atoms with E-state index in [2.05, 4.69) is 22.2 Å². The highest BCUT2D eigenvalue weighted by Crippen LogP contribution is 2.18. The normalized spacial score (nSPS) is 20.7. The number of nitrogens with zero attached hydrogens (tertiary/aromatic N) is 2. The van der Waals surface area contributed by atoms with Crippen molar-refractivity contribution in [2.45, 2.75) is 38.8 Å². The number of pyridine rings is 1. The second-order valence-corrected chi connectivity index (χ2v) is 4.80. The number of carbonyl (C=O) groups excluding carboxylic acids is 1. The van der Waals surface area contributed by atoms with Crippen molar-refractivity contribution >= 4 is 5.91 Å². The van der Waals surface area contributed by atoms with Crippen molar-refractivity contribution in [2.24, 2.45) is 5.84 Å². The fourth-order valence-corrected chi connectivity index (χ4v) is 2.37. The lowest BCUT2D eigenvalue weighted by molar-refractivity contribution is 0.0947. The summed E-state index contributed by atoms with van der Waals surface area (Å²) in [7, 11) is 0. The average Bonchev–Trinajstić information content (AvgIpc) is 2.41. The molecule has 3 N–H and O–H groups in total. The van der Waals surface area contributed by atoms with Crippen LogP contribution in [0.25, 0.3) is 0 Å². The summed E-state index contributed by atoms with van der Waals surface area (Å²) in [6, 6.07) is 6.06. The molecule has 98 valence electrons. The first-order chi connectivity index (χ1) is 8.70. The van der Waals surface area contributed by atoms with Crippen molar-refractivity contribution in [3.05, 3.63) is 29.6 Å². The number of aromatic nitrogens is 1. The van der Waals surface area contributed by atoms with Crippen LogP contribution >= 0.6 is 0 Å². The van der Waals surface area contributed by atoms with Gasteiger partial charge in [-0.25, -0.2) is 10.8 Å². The molecule has 0 aliphatic carbocycles. The third-order valence-corrected chi connectivity index (χ3v) is 3.48. The molecule has 5 nitrogen and oxygen atoms in total. The number of likely N-dealkylation sites (tertiary alicyclic amines) is 1. The molecule has 1 saturated heterocycles. The standard InChI is InChI=1S/C13H20N4O/c1-10-5-2-3-8-17(10)9-11-6-4-7-12(15-11)13(18)16-14/h4,6-7,10H,2-3,5,8-9,14H2,1H3,(H,16,18). The molecule has 0 radical (unpaired) electrons. The van der Waals surface area contributed by atoms with Crippen LogP contribution in [-0.2, 0) is 6.54 Å². The van der Waals surface area contributed by atoms with Crippen LogP contribution in [0.2, 0.25) is 0 Å². The number of rotatable bonds is 3. The van der Waals surface area contributed by atoms with Gasteiger partial charge in [0.1, 0.15) is 5.69 Å². The number of carbonyl (C=O) groups is 1. The molecule has 2 heterocycles. The summed E-state index contributed by atoms with van der Waals surface area (Å²) < 4.78 is 0. The van der Waals surface area contributed by atoms with Gasteiger partial charge >= 0.3 is 0 Å². The Hall–Kier alpha value is -1.46. The van der Waals surface area contributed by atoms with Crippen LogP contribution in [0.1, 0.15) is 42.4 Å². The molecule has 1 amide bonds. The maximum absolute atomic E-state index is 11.4. The lowest BCUT2D eigenvalue weighted by atomic mass is 10.0. The number of piperidine rings is 1. The Bertz CT molecular complexity index is 421. The van der Waals surface area contributed by atoms with E-state index in [4.69, 9.17) is 5.84 Å². The summed E-state index contributed by atoms with van der Waals surface area (Å²) in [5, 5.41) is 0. The summed E-state index contributed by atoms with van der Waals surface area (Å²) in [6.45, 7) is 4.15. The smallest absolute Gasteiger partial charge is 0.283 e. The second kappa shape index (κ2) is 5.93. The molecule has 5 heteroatoms. The fraction of sp³-hybridized carbons (Fsp3) is 0.538. The zero-order valence-corrected chi connectivity index (χ0v) is 10.7.